The molecule has 3 N–H and O–H groups in total. The molecular weight excluding hydrogens is 398 g/mol. The molecule has 2 fully saturated rings. The highest BCUT2D eigenvalue weighted by Gasteiger charge is 2.51. The summed E-state index contributed by atoms with van der Waals surface area (Å²) >= 11 is 0. The van der Waals surface area contributed by atoms with E-state index in [1.54, 1.807) is 30.0 Å². The minimum Gasteiger partial charge on any atom is -0.457 e. The second-order valence-corrected chi connectivity index (χ2v) is 8.93. The molecule has 3 heterocycles. The van der Waals surface area contributed by atoms with Crippen molar-refractivity contribution in [3.8, 4) is 11.5 Å². The van der Waals surface area contributed by atoms with Crippen LogP contribution in [0.5, 0.6) is 11.5 Å². The molecule has 10 heteroatoms. The number of nitrogens with one attached hydrogen (secondary N) is 2. The monoisotopic (exact) mass is 419 g/mol. The molecule has 2 aromatic rings. The number of ether oxygens (including phenoxy) is 2. The molecule has 1 aromatic heterocycles. The zero-order valence-corrected chi connectivity index (χ0v) is 16.3. The Balaban J connectivity index is 1.55. The van der Waals surface area contributed by atoms with Crippen molar-refractivity contribution in [1.82, 2.24) is 15.2 Å². The molecule has 154 valence electrons. The number of benzene rings is 1. The molecule has 1 aromatic carbocycles. The van der Waals surface area contributed by atoms with E-state index in [9.17, 15) is 18.4 Å². The Hall–Kier alpha value is -2.53. The molecule has 2 aliphatic heterocycles. The largest absolute Gasteiger partial charge is 0.457 e. The smallest absolute Gasteiger partial charge is 0.264 e. The molecule has 4 rings (SSSR count). The van der Waals surface area contributed by atoms with E-state index in [0.29, 0.717) is 11.5 Å². The standard InChI is InChI=1S/C19H21N3O6S/c23-18(21-24)19(11-15-1-2-16(12-19)28-15)22-29(25,26)17-5-3-13(4-6-17)27-14-7-9-20-10-8-14/h3-10,15-16,22,24H,1-2,11-12H2,(H,21,23). The number of rotatable bonds is 6. The Morgan fingerprint density at radius 1 is 1.07 bits per heavy atom. The average molecular weight is 419 g/mol. The highest BCUT2D eigenvalue weighted by molar-refractivity contribution is 7.89. The second kappa shape index (κ2) is 7.71. The fourth-order valence-electron chi connectivity index (χ4n) is 3.91. The Bertz CT molecular complexity index is 969. The quantitative estimate of drug-likeness (QED) is 0.481. The van der Waals surface area contributed by atoms with Gasteiger partial charge in [0, 0.05) is 25.2 Å². The maximum absolute atomic E-state index is 13.0. The van der Waals surface area contributed by atoms with Crippen LogP contribution in [0.1, 0.15) is 25.7 Å². The lowest BCUT2D eigenvalue weighted by Crippen LogP contribution is -2.62. The summed E-state index contributed by atoms with van der Waals surface area (Å²) in [6.07, 6.45) is 4.59. The molecule has 2 bridgehead atoms. The number of aromatic nitrogens is 1. The first kappa shape index (κ1) is 19.8. The van der Waals surface area contributed by atoms with Crippen LogP contribution in [0.25, 0.3) is 0 Å². The lowest BCUT2D eigenvalue weighted by molar-refractivity contribution is -0.142. The van der Waals surface area contributed by atoms with Gasteiger partial charge in [-0.1, -0.05) is 0 Å². The van der Waals surface area contributed by atoms with Gasteiger partial charge in [-0.2, -0.15) is 4.72 Å². The van der Waals surface area contributed by atoms with E-state index in [1.165, 1.54) is 24.3 Å². The molecule has 0 radical (unpaired) electrons. The number of sulfonamides is 1. The van der Waals surface area contributed by atoms with Crippen molar-refractivity contribution in [3.63, 3.8) is 0 Å². The fraction of sp³-hybridized carbons (Fsp3) is 0.368. The average Bonchev–Trinajstić information content (AvgIpc) is 3.07. The van der Waals surface area contributed by atoms with E-state index in [-0.39, 0.29) is 29.9 Å². The van der Waals surface area contributed by atoms with Crippen LogP contribution in [0, 0.1) is 0 Å². The molecule has 0 aliphatic carbocycles. The summed E-state index contributed by atoms with van der Waals surface area (Å²) in [5.41, 5.74) is 0.154. The minimum atomic E-state index is -4.03. The fourth-order valence-corrected chi connectivity index (χ4v) is 5.29. The van der Waals surface area contributed by atoms with Gasteiger partial charge in [0.2, 0.25) is 10.0 Å². The third kappa shape index (κ3) is 4.10. The lowest BCUT2D eigenvalue weighted by atomic mass is 9.87. The number of hydrogen-bond donors (Lipinski definition) is 3. The van der Waals surface area contributed by atoms with Crippen LogP contribution in [-0.4, -0.2) is 42.3 Å². The second-order valence-electron chi connectivity index (χ2n) is 7.25. The van der Waals surface area contributed by atoms with E-state index in [4.69, 9.17) is 9.47 Å². The number of fused-ring (bicyclic) bond motifs is 2. The zero-order valence-electron chi connectivity index (χ0n) is 15.4. The Labute approximate surface area is 168 Å². The van der Waals surface area contributed by atoms with E-state index in [0.717, 1.165) is 12.8 Å². The number of hydrogen-bond acceptors (Lipinski definition) is 7. The van der Waals surface area contributed by atoms with Gasteiger partial charge in [-0.3, -0.25) is 15.0 Å². The van der Waals surface area contributed by atoms with Crippen LogP contribution in [0.4, 0.5) is 0 Å². The van der Waals surface area contributed by atoms with Gasteiger partial charge < -0.3 is 9.47 Å². The summed E-state index contributed by atoms with van der Waals surface area (Å²) in [6, 6.07) is 9.23. The first-order valence-electron chi connectivity index (χ1n) is 9.22. The molecular formula is C19H21N3O6S. The highest BCUT2D eigenvalue weighted by Crippen LogP contribution is 2.39. The maximum Gasteiger partial charge on any atom is 0.264 e. The predicted molar refractivity (Wildman–Crippen MR) is 101 cm³/mol. The SMILES string of the molecule is O=C(NO)C1(NS(=O)(=O)c2ccc(Oc3ccncc3)cc2)CC2CCC(C1)O2. The Morgan fingerprint density at radius 3 is 2.24 bits per heavy atom. The number of pyridine rings is 1. The van der Waals surface area contributed by atoms with Crippen LogP contribution in [0.2, 0.25) is 0 Å². The van der Waals surface area contributed by atoms with Crippen molar-refractivity contribution in [1.29, 1.82) is 0 Å². The number of hydroxylamine groups is 1. The molecule has 2 atom stereocenters. The molecule has 0 saturated carbocycles. The van der Waals surface area contributed by atoms with Gasteiger partial charge in [-0.05, 0) is 49.2 Å². The maximum atomic E-state index is 13.0. The number of carbonyl (C=O) groups excluding carboxylic acids is 1. The molecule has 29 heavy (non-hydrogen) atoms. The summed E-state index contributed by atoms with van der Waals surface area (Å²) in [5, 5.41) is 9.19. The van der Waals surface area contributed by atoms with Gasteiger partial charge in [0.15, 0.2) is 0 Å². The highest BCUT2D eigenvalue weighted by atomic mass is 32.2. The summed E-state index contributed by atoms with van der Waals surface area (Å²) < 4.78 is 39.8. The Kier molecular flexibility index (Phi) is 5.26. The molecule has 1 amide bonds. The number of nitrogens with zero attached hydrogens (tertiary/aromatic N) is 1. The summed E-state index contributed by atoms with van der Waals surface area (Å²) in [5.74, 6) is 0.256. The van der Waals surface area contributed by atoms with Gasteiger partial charge in [0.05, 0.1) is 17.1 Å². The number of carbonyl (C=O) groups is 1. The molecule has 2 aliphatic rings. The third-order valence-electron chi connectivity index (χ3n) is 5.23. The van der Waals surface area contributed by atoms with Gasteiger partial charge in [-0.25, -0.2) is 13.9 Å². The van der Waals surface area contributed by atoms with Gasteiger partial charge in [-0.15, -0.1) is 0 Å². The van der Waals surface area contributed by atoms with Crippen molar-refractivity contribution >= 4 is 15.9 Å². The lowest BCUT2D eigenvalue weighted by Gasteiger charge is -2.38. The predicted octanol–water partition coefficient (Wildman–Crippen LogP) is 1.74. The summed E-state index contributed by atoms with van der Waals surface area (Å²) in [6.45, 7) is 0. The molecule has 2 unspecified atom stereocenters. The normalized spacial score (nSPS) is 26.1. The van der Waals surface area contributed by atoms with Gasteiger partial charge >= 0.3 is 0 Å². The summed E-state index contributed by atoms with van der Waals surface area (Å²) in [4.78, 5) is 16.3. The van der Waals surface area contributed by atoms with Crippen molar-refractivity contribution in [2.75, 3.05) is 0 Å². The van der Waals surface area contributed by atoms with E-state index in [2.05, 4.69) is 9.71 Å². The van der Waals surface area contributed by atoms with E-state index >= 15 is 0 Å². The van der Waals surface area contributed by atoms with Crippen molar-refractivity contribution in [3.05, 3.63) is 48.8 Å². The molecule has 9 nitrogen and oxygen atoms in total. The van der Waals surface area contributed by atoms with Crippen molar-refractivity contribution < 1.29 is 27.9 Å². The van der Waals surface area contributed by atoms with Gasteiger partial charge in [0.25, 0.3) is 5.91 Å². The summed E-state index contributed by atoms with van der Waals surface area (Å²) in [7, 11) is -4.03. The van der Waals surface area contributed by atoms with Crippen LogP contribution >= 0.6 is 0 Å². The van der Waals surface area contributed by atoms with Crippen LogP contribution in [-0.2, 0) is 19.6 Å². The van der Waals surface area contributed by atoms with Crippen molar-refractivity contribution in [2.45, 2.75) is 48.3 Å². The first-order chi connectivity index (χ1) is 13.9. The molecule has 0 spiro atoms. The Morgan fingerprint density at radius 2 is 1.66 bits per heavy atom. The van der Waals surface area contributed by atoms with Crippen molar-refractivity contribution in [2.24, 2.45) is 0 Å². The van der Waals surface area contributed by atoms with Crippen LogP contribution in [0.15, 0.2) is 53.7 Å². The first-order valence-corrected chi connectivity index (χ1v) is 10.7. The van der Waals surface area contributed by atoms with E-state index < -0.39 is 21.5 Å². The minimum absolute atomic E-state index is 0.0106. The van der Waals surface area contributed by atoms with Gasteiger partial charge in [0.1, 0.15) is 17.0 Å². The topological polar surface area (TPSA) is 127 Å². The van der Waals surface area contributed by atoms with Crippen LogP contribution < -0.4 is 14.9 Å². The van der Waals surface area contributed by atoms with Crippen LogP contribution in [0.3, 0.4) is 0 Å². The third-order valence-corrected chi connectivity index (χ3v) is 6.79. The van der Waals surface area contributed by atoms with E-state index in [1.807, 2.05) is 0 Å². The zero-order chi connectivity index (χ0) is 20.5. The number of amides is 1. The molecule has 2 saturated heterocycles.